The number of piperidine rings is 1. The van der Waals surface area contributed by atoms with Crippen LogP contribution in [0.3, 0.4) is 0 Å². The predicted molar refractivity (Wildman–Crippen MR) is 129 cm³/mol. The minimum absolute atomic E-state index is 0.120. The quantitative estimate of drug-likeness (QED) is 0.670. The van der Waals surface area contributed by atoms with E-state index in [1.807, 2.05) is 56.3 Å². The second-order valence-electron chi connectivity index (χ2n) is 8.74. The second kappa shape index (κ2) is 7.94. The highest BCUT2D eigenvalue weighted by Gasteiger charge is 2.48. The summed E-state index contributed by atoms with van der Waals surface area (Å²) >= 11 is 12.8. The Hall–Kier alpha value is -2.28. The molecule has 3 heterocycles. The molecule has 1 aliphatic carbocycles. The van der Waals surface area contributed by atoms with E-state index in [0.717, 1.165) is 24.2 Å². The fourth-order valence-electron chi connectivity index (χ4n) is 5.03. The lowest BCUT2D eigenvalue weighted by Gasteiger charge is -2.41. The van der Waals surface area contributed by atoms with Gasteiger partial charge in [0.25, 0.3) is 5.56 Å². The van der Waals surface area contributed by atoms with Crippen LogP contribution in [0.2, 0.25) is 0 Å². The normalized spacial score (nSPS) is 26.1. The first-order valence-corrected chi connectivity index (χ1v) is 11.8. The van der Waals surface area contributed by atoms with E-state index in [0.29, 0.717) is 36.0 Å². The summed E-state index contributed by atoms with van der Waals surface area (Å²) in [6, 6.07) is 7.84. The van der Waals surface area contributed by atoms with Gasteiger partial charge in [-0.25, -0.2) is 4.98 Å². The number of allylic oxidation sites excluding steroid dienone is 4. The molecule has 32 heavy (non-hydrogen) atoms. The molecule has 0 radical (unpaired) electrons. The van der Waals surface area contributed by atoms with Crippen LogP contribution in [0.4, 0.5) is 5.82 Å². The van der Waals surface area contributed by atoms with Crippen molar-refractivity contribution in [2.24, 2.45) is 5.73 Å². The molecule has 1 saturated heterocycles. The molecule has 1 fully saturated rings. The van der Waals surface area contributed by atoms with Crippen molar-refractivity contribution in [2.45, 2.75) is 49.1 Å². The Balaban J connectivity index is 1.41. The summed E-state index contributed by atoms with van der Waals surface area (Å²) in [5.74, 6) is 2.18. The first kappa shape index (κ1) is 21.6. The molecule has 1 spiro atoms. The summed E-state index contributed by atoms with van der Waals surface area (Å²) < 4.78 is 7.93. The Morgan fingerprint density at radius 2 is 1.91 bits per heavy atom. The molecule has 1 aromatic carbocycles. The van der Waals surface area contributed by atoms with Gasteiger partial charge in [-0.05, 0) is 26.0 Å². The average molecular weight is 473 g/mol. The topological polar surface area (TPSA) is 73.4 Å². The highest BCUT2D eigenvalue weighted by molar-refractivity contribution is 6.34. The van der Waals surface area contributed by atoms with Crippen LogP contribution >= 0.6 is 23.2 Å². The van der Waals surface area contributed by atoms with Crippen LogP contribution in [-0.2, 0) is 0 Å². The van der Waals surface area contributed by atoms with E-state index >= 15 is 0 Å². The predicted octanol–water partition coefficient (Wildman–Crippen LogP) is 3.92. The van der Waals surface area contributed by atoms with E-state index in [1.165, 1.54) is 0 Å². The number of nitrogens with two attached hydrogens (primary N) is 1. The third kappa shape index (κ3) is 3.28. The first-order chi connectivity index (χ1) is 15.3. The Morgan fingerprint density at radius 3 is 2.62 bits per heavy atom. The Kier molecular flexibility index (Phi) is 5.35. The van der Waals surface area contributed by atoms with Crippen molar-refractivity contribution in [3.8, 4) is 5.75 Å². The van der Waals surface area contributed by atoms with E-state index in [4.69, 9.17) is 38.7 Å². The van der Waals surface area contributed by atoms with Gasteiger partial charge in [0.2, 0.25) is 0 Å². The zero-order valence-corrected chi connectivity index (χ0v) is 19.6. The summed E-state index contributed by atoms with van der Waals surface area (Å²) in [4.78, 5) is 20.3. The number of nitrogens with zero attached hydrogens (tertiary/aromatic N) is 3. The Morgan fingerprint density at radius 1 is 1.19 bits per heavy atom. The van der Waals surface area contributed by atoms with Gasteiger partial charge in [0.15, 0.2) is 0 Å². The molecule has 0 saturated carbocycles. The van der Waals surface area contributed by atoms with Gasteiger partial charge in [-0.2, -0.15) is 0 Å². The Bertz CT molecular complexity index is 1180. The van der Waals surface area contributed by atoms with Crippen LogP contribution < -0.4 is 20.9 Å². The molecule has 5 rings (SSSR count). The van der Waals surface area contributed by atoms with Gasteiger partial charge in [-0.1, -0.05) is 30.4 Å². The van der Waals surface area contributed by atoms with E-state index < -0.39 is 11.0 Å². The van der Waals surface area contributed by atoms with Crippen LogP contribution in [0.15, 0.2) is 47.3 Å². The maximum Gasteiger partial charge on any atom is 0.262 e. The highest BCUT2D eigenvalue weighted by atomic mass is 35.5. The number of halogens is 2. The Labute approximate surface area is 197 Å². The van der Waals surface area contributed by atoms with E-state index in [-0.39, 0.29) is 17.0 Å². The van der Waals surface area contributed by atoms with Crippen molar-refractivity contribution >= 4 is 34.7 Å². The highest BCUT2D eigenvalue weighted by Crippen LogP contribution is 2.47. The summed E-state index contributed by atoms with van der Waals surface area (Å²) in [6.45, 7) is 5.07. The number of benzene rings is 1. The van der Waals surface area contributed by atoms with E-state index in [2.05, 4.69) is 4.90 Å². The summed E-state index contributed by atoms with van der Waals surface area (Å²) in [5, 5.41) is -0.872. The van der Waals surface area contributed by atoms with Crippen LogP contribution in [0, 0.1) is 13.8 Å². The summed E-state index contributed by atoms with van der Waals surface area (Å²) in [6.07, 6.45) is 7.00. The lowest BCUT2D eigenvalue weighted by atomic mass is 9.83. The van der Waals surface area contributed by atoms with Gasteiger partial charge in [0.1, 0.15) is 23.0 Å². The third-order valence-electron chi connectivity index (χ3n) is 6.88. The second-order valence-corrected chi connectivity index (χ2v) is 9.71. The maximum atomic E-state index is 13.3. The average Bonchev–Trinajstić information content (AvgIpc) is 3.06. The molecule has 3 aliphatic rings. The van der Waals surface area contributed by atoms with Gasteiger partial charge < -0.3 is 15.4 Å². The lowest BCUT2D eigenvalue weighted by molar-refractivity contribution is 0.0430. The molecule has 0 amide bonds. The molecule has 0 bridgehead atoms. The molecular formula is C24H26Cl2N4O2. The van der Waals surface area contributed by atoms with Gasteiger partial charge in [0.05, 0.1) is 22.4 Å². The van der Waals surface area contributed by atoms with Gasteiger partial charge in [-0.15, -0.1) is 23.2 Å². The molecule has 2 aliphatic heterocycles. The number of rotatable bonds is 2. The first-order valence-electron chi connectivity index (χ1n) is 10.9. The van der Waals surface area contributed by atoms with Crippen LogP contribution in [0.25, 0.3) is 5.70 Å². The fraction of sp³-hybridized carbons (Fsp3) is 0.417. The van der Waals surface area contributed by atoms with Crippen molar-refractivity contribution in [3.63, 3.8) is 0 Å². The SMILES string of the molecule is Cc1c(N2CCC3(CC2)Oc2ccccc2[C@H]3N)nc(C)n(C2=CC=C[C@H](Cl)[C@@H]2Cl)c1=O. The smallest absolute Gasteiger partial charge is 0.262 e. The zero-order valence-electron chi connectivity index (χ0n) is 18.1. The van der Waals surface area contributed by atoms with E-state index in [1.54, 1.807) is 4.57 Å². The zero-order chi connectivity index (χ0) is 22.6. The van der Waals surface area contributed by atoms with Crippen molar-refractivity contribution in [1.29, 1.82) is 0 Å². The number of alkyl halides is 2. The van der Waals surface area contributed by atoms with Crippen LogP contribution in [0.1, 0.15) is 35.8 Å². The number of ether oxygens (including phenoxy) is 1. The molecule has 6 nitrogen and oxygen atoms in total. The number of anilines is 1. The molecule has 1 aromatic heterocycles. The van der Waals surface area contributed by atoms with Crippen molar-refractivity contribution in [2.75, 3.05) is 18.0 Å². The van der Waals surface area contributed by atoms with Gasteiger partial charge >= 0.3 is 0 Å². The standard InChI is InChI=1S/C24H26Cl2N4O2/c1-14-22(28-15(2)30(23(14)31)18-8-5-7-17(25)20(18)26)29-12-10-24(11-13-29)21(27)16-6-3-4-9-19(16)32-24/h3-9,17,20-21H,10-13,27H2,1-2H3/t17-,20-,21+/m0/s1. The van der Waals surface area contributed by atoms with Gasteiger partial charge in [0, 0.05) is 37.2 Å². The molecular weight excluding hydrogens is 447 g/mol. The number of aryl methyl sites for hydroxylation is 1. The van der Waals surface area contributed by atoms with Crippen molar-refractivity contribution < 1.29 is 4.74 Å². The molecule has 2 aromatic rings. The largest absolute Gasteiger partial charge is 0.485 e. The van der Waals surface area contributed by atoms with Gasteiger partial charge in [-0.3, -0.25) is 9.36 Å². The monoisotopic (exact) mass is 472 g/mol. The molecule has 2 N–H and O–H groups in total. The fourth-order valence-corrected chi connectivity index (χ4v) is 5.49. The molecule has 3 atom stereocenters. The molecule has 168 valence electrons. The number of para-hydroxylation sites is 1. The number of aromatic nitrogens is 2. The third-order valence-corrected chi connectivity index (χ3v) is 7.90. The van der Waals surface area contributed by atoms with Crippen molar-refractivity contribution in [3.05, 3.63) is 69.8 Å². The maximum absolute atomic E-state index is 13.3. The minimum atomic E-state index is -0.498. The number of hydrogen-bond donors (Lipinski definition) is 1. The number of hydrogen-bond acceptors (Lipinski definition) is 5. The molecule has 8 heteroatoms. The van der Waals surface area contributed by atoms with Crippen LogP contribution in [-0.4, -0.2) is 39.0 Å². The summed E-state index contributed by atoms with van der Waals surface area (Å²) in [5.41, 5.74) is 8.39. The summed E-state index contributed by atoms with van der Waals surface area (Å²) in [7, 11) is 0. The van der Waals surface area contributed by atoms with Crippen molar-refractivity contribution in [1.82, 2.24) is 9.55 Å². The van der Waals surface area contributed by atoms with Crippen LogP contribution in [0.5, 0.6) is 5.75 Å². The lowest BCUT2D eigenvalue weighted by Crippen LogP contribution is -2.52. The number of fused-ring (bicyclic) bond motifs is 1. The molecule has 0 unspecified atom stereocenters. The van der Waals surface area contributed by atoms with E-state index in [9.17, 15) is 4.79 Å². The minimum Gasteiger partial charge on any atom is -0.485 e.